The topological polar surface area (TPSA) is 68.3 Å². The minimum Gasteiger partial charge on any atom is -0.465 e. The van der Waals surface area contributed by atoms with Gasteiger partial charge in [-0.3, -0.25) is 9.78 Å². The summed E-state index contributed by atoms with van der Waals surface area (Å²) in [6, 6.07) is 14.4. The number of anilines is 2. The SMILES string of the molecule is COC(=O)c1ccc2nc(C)cc(Nc3cccc(C(C)=O)c3)c2c1.Cl. The Bertz CT molecular complexity index is 986. The Labute approximate surface area is 157 Å². The summed E-state index contributed by atoms with van der Waals surface area (Å²) in [4.78, 5) is 27.9. The van der Waals surface area contributed by atoms with E-state index in [1.165, 1.54) is 14.0 Å². The van der Waals surface area contributed by atoms with Crippen LogP contribution in [0.4, 0.5) is 11.4 Å². The molecular formula is C20H19ClN2O3. The van der Waals surface area contributed by atoms with Gasteiger partial charge < -0.3 is 10.1 Å². The standard InChI is InChI=1S/C20H18N2O3.ClH/c1-12-9-19(22-16-6-4-5-14(10-16)13(2)23)17-11-15(20(24)25-3)7-8-18(17)21-12;/h4-11H,1-3H3,(H,21,22);1H. The number of methoxy groups -OCH3 is 1. The lowest BCUT2D eigenvalue weighted by Crippen LogP contribution is -2.02. The molecule has 0 aliphatic heterocycles. The van der Waals surface area contributed by atoms with E-state index in [4.69, 9.17) is 4.74 Å². The van der Waals surface area contributed by atoms with Crippen molar-refractivity contribution in [2.45, 2.75) is 13.8 Å². The first-order chi connectivity index (χ1) is 12.0. The molecule has 0 aliphatic rings. The van der Waals surface area contributed by atoms with E-state index in [9.17, 15) is 9.59 Å². The lowest BCUT2D eigenvalue weighted by atomic mass is 10.1. The number of hydrogen-bond donors (Lipinski definition) is 1. The third-order valence-electron chi connectivity index (χ3n) is 3.91. The highest BCUT2D eigenvalue weighted by atomic mass is 35.5. The van der Waals surface area contributed by atoms with Gasteiger partial charge in [0.1, 0.15) is 0 Å². The first-order valence-corrected chi connectivity index (χ1v) is 7.85. The second-order valence-corrected chi connectivity index (χ2v) is 5.80. The molecule has 0 amide bonds. The van der Waals surface area contributed by atoms with Gasteiger partial charge in [0, 0.05) is 28.0 Å². The normalized spacial score (nSPS) is 10.1. The number of ether oxygens (including phenoxy) is 1. The van der Waals surface area contributed by atoms with Crippen molar-refractivity contribution in [2.75, 3.05) is 12.4 Å². The monoisotopic (exact) mass is 370 g/mol. The molecule has 26 heavy (non-hydrogen) atoms. The number of aryl methyl sites for hydroxylation is 1. The Morgan fingerprint density at radius 3 is 2.50 bits per heavy atom. The van der Waals surface area contributed by atoms with E-state index in [0.29, 0.717) is 11.1 Å². The fraction of sp³-hybridized carbons (Fsp3) is 0.150. The van der Waals surface area contributed by atoms with Gasteiger partial charge in [0.25, 0.3) is 0 Å². The summed E-state index contributed by atoms with van der Waals surface area (Å²) in [6.45, 7) is 3.44. The fourth-order valence-electron chi connectivity index (χ4n) is 2.68. The van der Waals surface area contributed by atoms with Crippen LogP contribution < -0.4 is 5.32 Å². The Kier molecular flexibility index (Phi) is 5.95. The van der Waals surface area contributed by atoms with Gasteiger partial charge in [-0.1, -0.05) is 12.1 Å². The first kappa shape index (κ1) is 19.4. The number of pyridine rings is 1. The molecular weight excluding hydrogens is 352 g/mol. The van der Waals surface area contributed by atoms with Crippen LogP contribution in [0.2, 0.25) is 0 Å². The van der Waals surface area contributed by atoms with Crippen LogP contribution >= 0.6 is 12.4 Å². The predicted octanol–water partition coefficient (Wildman–Crippen LogP) is 4.70. The van der Waals surface area contributed by atoms with E-state index in [0.717, 1.165) is 28.0 Å². The number of nitrogens with zero attached hydrogens (tertiary/aromatic N) is 1. The van der Waals surface area contributed by atoms with Gasteiger partial charge in [0.2, 0.25) is 0 Å². The van der Waals surface area contributed by atoms with Crippen LogP contribution in [-0.4, -0.2) is 23.8 Å². The largest absolute Gasteiger partial charge is 0.465 e. The van der Waals surface area contributed by atoms with Gasteiger partial charge >= 0.3 is 5.97 Å². The van der Waals surface area contributed by atoms with Crippen LogP contribution in [0.15, 0.2) is 48.5 Å². The smallest absolute Gasteiger partial charge is 0.337 e. The molecule has 2 aromatic carbocycles. The summed E-state index contributed by atoms with van der Waals surface area (Å²) in [5.74, 6) is -0.389. The summed E-state index contributed by atoms with van der Waals surface area (Å²) < 4.78 is 4.79. The Morgan fingerprint density at radius 2 is 1.81 bits per heavy atom. The van der Waals surface area contributed by atoms with Crippen LogP contribution in [0.3, 0.4) is 0 Å². The molecule has 0 saturated carbocycles. The Morgan fingerprint density at radius 1 is 1.04 bits per heavy atom. The highest BCUT2D eigenvalue weighted by Gasteiger charge is 2.11. The molecule has 0 saturated heterocycles. The molecule has 0 radical (unpaired) electrons. The number of rotatable bonds is 4. The summed E-state index contributed by atoms with van der Waals surface area (Å²) in [5, 5.41) is 4.13. The van der Waals surface area contributed by atoms with Crippen LogP contribution in [0.1, 0.15) is 33.3 Å². The zero-order chi connectivity index (χ0) is 18.0. The zero-order valence-corrected chi connectivity index (χ0v) is 15.5. The van der Waals surface area contributed by atoms with Crippen molar-refractivity contribution >= 4 is 46.4 Å². The van der Waals surface area contributed by atoms with Gasteiger partial charge in [-0.25, -0.2) is 4.79 Å². The van der Waals surface area contributed by atoms with Gasteiger partial charge in [-0.15, -0.1) is 12.4 Å². The summed E-state index contributed by atoms with van der Waals surface area (Å²) in [7, 11) is 1.35. The molecule has 1 aromatic heterocycles. The number of halogens is 1. The number of carbonyl (C=O) groups is 2. The predicted molar refractivity (Wildman–Crippen MR) is 105 cm³/mol. The number of fused-ring (bicyclic) bond motifs is 1. The van der Waals surface area contributed by atoms with E-state index in [-0.39, 0.29) is 18.2 Å². The Hall–Kier alpha value is -2.92. The number of benzene rings is 2. The third-order valence-corrected chi connectivity index (χ3v) is 3.91. The molecule has 0 bridgehead atoms. The quantitative estimate of drug-likeness (QED) is 0.532. The lowest BCUT2D eigenvalue weighted by Gasteiger charge is -2.12. The highest BCUT2D eigenvalue weighted by molar-refractivity contribution is 6.00. The summed E-state index contributed by atoms with van der Waals surface area (Å²) >= 11 is 0. The Balaban J connectivity index is 0.00000243. The van der Waals surface area contributed by atoms with Gasteiger partial charge in [-0.2, -0.15) is 0 Å². The highest BCUT2D eigenvalue weighted by Crippen LogP contribution is 2.28. The minimum atomic E-state index is -0.396. The maximum absolute atomic E-state index is 11.8. The summed E-state index contributed by atoms with van der Waals surface area (Å²) in [6.07, 6.45) is 0. The van der Waals surface area contributed by atoms with E-state index >= 15 is 0 Å². The lowest BCUT2D eigenvalue weighted by molar-refractivity contribution is 0.0601. The van der Waals surface area contributed by atoms with Crippen molar-refractivity contribution in [3.05, 3.63) is 65.4 Å². The molecule has 0 aliphatic carbocycles. The average molecular weight is 371 g/mol. The molecule has 0 fully saturated rings. The van der Waals surface area contributed by atoms with Gasteiger partial charge in [-0.05, 0) is 50.2 Å². The zero-order valence-electron chi connectivity index (χ0n) is 14.7. The fourth-order valence-corrected chi connectivity index (χ4v) is 2.68. The van der Waals surface area contributed by atoms with Crippen molar-refractivity contribution < 1.29 is 14.3 Å². The van der Waals surface area contributed by atoms with Gasteiger partial charge in [0.15, 0.2) is 5.78 Å². The molecule has 6 heteroatoms. The number of carbonyl (C=O) groups excluding carboxylic acids is 2. The van der Waals surface area contributed by atoms with Crippen LogP contribution in [0.5, 0.6) is 0 Å². The molecule has 0 atom stereocenters. The minimum absolute atomic E-state index is 0. The molecule has 3 aromatic rings. The molecule has 134 valence electrons. The van der Waals surface area contributed by atoms with Crippen molar-refractivity contribution in [1.82, 2.24) is 4.98 Å². The van der Waals surface area contributed by atoms with Crippen molar-refractivity contribution in [3.8, 4) is 0 Å². The molecule has 1 heterocycles. The van der Waals surface area contributed by atoms with Crippen LogP contribution in [-0.2, 0) is 4.74 Å². The van der Waals surface area contributed by atoms with Crippen LogP contribution in [0.25, 0.3) is 10.9 Å². The molecule has 0 unspecified atom stereocenters. The maximum atomic E-state index is 11.8. The second-order valence-electron chi connectivity index (χ2n) is 5.80. The first-order valence-electron chi connectivity index (χ1n) is 7.85. The van der Waals surface area contributed by atoms with Crippen molar-refractivity contribution in [3.63, 3.8) is 0 Å². The number of ketones is 1. The maximum Gasteiger partial charge on any atom is 0.337 e. The second kappa shape index (κ2) is 7.97. The van der Waals surface area contributed by atoms with Crippen molar-refractivity contribution in [2.24, 2.45) is 0 Å². The van der Waals surface area contributed by atoms with E-state index in [1.54, 1.807) is 30.3 Å². The number of aromatic nitrogens is 1. The number of nitrogens with one attached hydrogen (secondary N) is 1. The van der Waals surface area contributed by atoms with Crippen molar-refractivity contribution in [1.29, 1.82) is 0 Å². The van der Waals surface area contributed by atoms with E-state index in [1.807, 2.05) is 25.1 Å². The molecule has 5 nitrogen and oxygen atoms in total. The number of Topliss-reactive ketones (excluding diaryl/α,β-unsaturated/α-hetero) is 1. The number of esters is 1. The third kappa shape index (κ3) is 4.00. The molecule has 1 N–H and O–H groups in total. The van der Waals surface area contributed by atoms with E-state index < -0.39 is 5.97 Å². The van der Waals surface area contributed by atoms with Crippen LogP contribution in [0, 0.1) is 6.92 Å². The average Bonchev–Trinajstić information content (AvgIpc) is 2.60. The van der Waals surface area contributed by atoms with E-state index in [2.05, 4.69) is 10.3 Å². The number of hydrogen-bond acceptors (Lipinski definition) is 5. The molecule has 3 rings (SSSR count). The molecule has 0 spiro atoms. The summed E-state index contributed by atoms with van der Waals surface area (Å²) in [5.41, 5.74) is 4.33. The van der Waals surface area contributed by atoms with Gasteiger partial charge in [0.05, 0.1) is 18.2 Å².